The number of nitro groups is 1. The summed E-state index contributed by atoms with van der Waals surface area (Å²) in [5, 5.41) is 21.1. The van der Waals surface area contributed by atoms with Gasteiger partial charge in [-0.1, -0.05) is 11.8 Å². The second kappa shape index (κ2) is 9.84. The Morgan fingerprint density at radius 2 is 2.09 bits per heavy atom. The molecule has 0 spiro atoms. The van der Waals surface area contributed by atoms with Crippen LogP contribution < -0.4 is 4.74 Å². The Hall–Kier alpha value is -2.70. The Labute approximate surface area is 205 Å². The molecule has 1 N–H and O–H groups in total. The summed E-state index contributed by atoms with van der Waals surface area (Å²) in [5.74, 6) is 1.30. The number of methoxy groups -OCH3 is 1. The van der Waals surface area contributed by atoms with Crippen LogP contribution in [0.4, 0.5) is 11.4 Å². The van der Waals surface area contributed by atoms with Gasteiger partial charge < -0.3 is 9.84 Å². The predicted molar refractivity (Wildman–Crippen MR) is 137 cm³/mol. The van der Waals surface area contributed by atoms with Crippen LogP contribution in [0.5, 0.6) is 11.5 Å². The lowest BCUT2D eigenvalue weighted by atomic mass is 10.2. The quantitative estimate of drug-likeness (QED) is 0.0878. The number of thioether (sulfide) groups is 1. The van der Waals surface area contributed by atoms with E-state index in [-0.39, 0.29) is 11.4 Å². The second-order valence-corrected chi connectivity index (χ2v) is 10.1. The van der Waals surface area contributed by atoms with Gasteiger partial charge in [0.2, 0.25) is 0 Å². The Morgan fingerprint density at radius 3 is 2.88 bits per heavy atom. The van der Waals surface area contributed by atoms with Gasteiger partial charge in [-0.25, -0.2) is 4.98 Å². The van der Waals surface area contributed by atoms with E-state index in [4.69, 9.17) is 4.74 Å². The number of benzene rings is 3. The lowest BCUT2D eigenvalue weighted by molar-refractivity contribution is -0.384. The number of non-ortho nitro benzene ring substituents is 1. The molecule has 162 valence electrons. The van der Waals surface area contributed by atoms with E-state index in [0.29, 0.717) is 17.1 Å². The third kappa shape index (κ3) is 5.19. The minimum atomic E-state index is -0.413. The van der Waals surface area contributed by atoms with Gasteiger partial charge >= 0.3 is 0 Å². The first kappa shape index (κ1) is 22.5. The third-order valence-corrected chi connectivity index (χ3v) is 7.40. The number of aromatic nitrogens is 1. The lowest BCUT2D eigenvalue weighted by Crippen LogP contribution is -1.94. The second-order valence-electron chi connectivity index (χ2n) is 6.64. The van der Waals surface area contributed by atoms with Crippen LogP contribution in [0.2, 0.25) is 0 Å². The molecule has 0 saturated carbocycles. The molecule has 4 rings (SSSR count). The van der Waals surface area contributed by atoms with Crippen LogP contribution in [0.15, 0.2) is 63.9 Å². The van der Waals surface area contributed by atoms with E-state index in [1.165, 1.54) is 35.2 Å². The molecule has 1 heterocycles. The Morgan fingerprint density at radius 1 is 1.25 bits per heavy atom. The number of halogens is 1. The molecular weight excluding hydrogens is 561 g/mol. The molecular formula is C22H16IN3O4S2. The van der Waals surface area contributed by atoms with Crippen molar-refractivity contribution in [2.24, 2.45) is 4.99 Å². The number of nitrogens with zero attached hydrogens (tertiary/aromatic N) is 3. The zero-order valence-electron chi connectivity index (χ0n) is 16.7. The minimum Gasteiger partial charge on any atom is -0.507 e. The molecule has 7 nitrogen and oxygen atoms in total. The van der Waals surface area contributed by atoms with Crippen molar-refractivity contribution in [3.8, 4) is 11.5 Å². The fraction of sp³-hybridized carbons (Fsp3) is 0.0909. The molecule has 0 fully saturated rings. The number of hydrogen-bond acceptors (Lipinski definition) is 8. The molecule has 4 aromatic rings. The summed E-state index contributed by atoms with van der Waals surface area (Å²) in [5.41, 5.74) is 3.06. The van der Waals surface area contributed by atoms with Gasteiger partial charge in [0.15, 0.2) is 4.34 Å². The summed E-state index contributed by atoms with van der Waals surface area (Å²) in [7, 11) is 1.55. The van der Waals surface area contributed by atoms with Crippen molar-refractivity contribution in [1.29, 1.82) is 0 Å². The number of rotatable bonds is 7. The number of thiazole rings is 1. The van der Waals surface area contributed by atoms with Crippen LogP contribution in [-0.2, 0) is 5.75 Å². The van der Waals surface area contributed by atoms with Crippen molar-refractivity contribution in [2.75, 3.05) is 7.11 Å². The average Bonchev–Trinajstić information content (AvgIpc) is 3.20. The predicted octanol–water partition coefficient (Wildman–Crippen LogP) is 6.57. The first-order chi connectivity index (χ1) is 15.4. The van der Waals surface area contributed by atoms with Crippen molar-refractivity contribution in [1.82, 2.24) is 4.98 Å². The zero-order valence-corrected chi connectivity index (χ0v) is 20.5. The molecule has 10 heteroatoms. The van der Waals surface area contributed by atoms with Crippen LogP contribution in [0.3, 0.4) is 0 Å². The van der Waals surface area contributed by atoms with E-state index in [1.54, 1.807) is 25.5 Å². The SMILES string of the molecule is COc1ccc([N+](=O)[O-])cc1CSc1nc2ccc(N=Cc3cc(I)ccc3O)cc2s1. The van der Waals surface area contributed by atoms with Crippen LogP contribution in [0.25, 0.3) is 10.2 Å². The van der Waals surface area contributed by atoms with Gasteiger partial charge in [0.25, 0.3) is 5.69 Å². The maximum Gasteiger partial charge on any atom is 0.270 e. The third-order valence-electron chi connectivity index (χ3n) is 4.52. The summed E-state index contributed by atoms with van der Waals surface area (Å²) in [6.07, 6.45) is 1.64. The molecule has 1 aromatic heterocycles. The molecule has 0 aliphatic rings. The maximum atomic E-state index is 11.1. The fourth-order valence-electron chi connectivity index (χ4n) is 2.94. The first-order valence-electron chi connectivity index (χ1n) is 9.30. The molecule has 0 unspecified atom stereocenters. The monoisotopic (exact) mass is 577 g/mol. The van der Waals surface area contributed by atoms with Gasteiger partial charge in [0, 0.05) is 38.8 Å². The zero-order chi connectivity index (χ0) is 22.7. The van der Waals surface area contributed by atoms with E-state index in [9.17, 15) is 15.2 Å². The largest absolute Gasteiger partial charge is 0.507 e. The standard InChI is InChI=1S/C22H16IN3O4S2/c1-30-20-7-4-17(26(28)29)9-14(20)12-31-22-25-18-5-3-16(10-21(18)32-22)24-11-13-8-15(23)2-6-19(13)27/h2-11,27H,12H2,1H3. The van der Waals surface area contributed by atoms with Crippen molar-refractivity contribution in [2.45, 2.75) is 10.1 Å². The molecule has 0 radical (unpaired) electrons. The summed E-state index contributed by atoms with van der Waals surface area (Å²) >= 11 is 5.22. The molecule has 0 aliphatic carbocycles. The van der Waals surface area contributed by atoms with E-state index in [2.05, 4.69) is 32.6 Å². The summed E-state index contributed by atoms with van der Waals surface area (Å²) in [6.45, 7) is 0. The molecule has 0 saturated heterocycles. The van der Waals surface area contributed by atoms with Gasteiger partial charge in [-0.2, -0.15) is 0 Å². The summed E-state index contributed by atoms with van der Waals surface area (Å²) in [4.78, 5) is 19.8. The molecule has 0 amide bonds. The maximum absolute atomic E-state index is 11.1. The highest BCUT2D eigenvalue weighted by molar-refractivity contribution is 14.1. The Balaban J connectivity index is 1.52. The van der Waals surface area contributed by atoms with Crippen molar-refractivity contribution in [3.63, 3.8) is 0 Å². The van der Waals surface area contributed by atoms with E-state index in [0.717, 1.165) is 29.4 Å². The first-order valence-corrected chi connectivity index (χ1v) is 12.2. The topological polar surface area (TPSA) is 97.9 Å². The lowest BCUT2D eigenvalue weighted by Gasteiger charge is -2.06. The highest BCUT2D eigenvalue weighted by Crippen LogP contribution is 2.36. The summed E-state index contributed by atoms with van der Waals surface area (Å²) in [6, 6.07) is 15.7. The molecule has 0 atom stereocenters. The van der Waals surface area contributed by atoms with Gasteiger partial charge in [-0.15, -0.1) is 11.3 Å². The minimum absolute atomic E-state index is 0.0346. The van der Waals surface area contributed by atoms with Crippen LogP contribution >= 0.6 is 45.7 Å². The van der Waals surface area contributed by atoms with Crippen molar-refractivity contribution >= 4 is 73.5 Å². The molecule has 0 aliphatic heterocycles. The number of aliphatic imine (C=N–C) groups is 1. The Kier molecular flexibility index (Phi) is 6.92. The number of phenolic OH excluding ortho intramolecular Hbond substituents is 1. The number of phenols is 1. The highest BCUT2D eigenvalue weighted by atomic mass is 127. The highest BCUT2D eigenvalue weighted by Gasteiger charge is 2.13. The Bertz CT molecular complexity index is 1340. The molecule has 3 aromatic carbocycles. The van der Waals surface area contributed by atoms with Gasteiger partial charge in [0.1, 0.15) is 11.5 Å². The summed E-state index contributed by atoms with van der Waals surface area (Å²) < 4.78 is 8.19. The van der Waals surface area contributed by atoms with Gasteiger partial charge in [-0.3, -0.25) is 15.1 Å². The number of hydrogen-bond donors (Lipinski definition) is 1. The number of aromatic hydroxyl groups is 1. The van der Waals surface area contributed by atoms with Crippen LogP contribution in [0.1, 0.15) is 11.1 Å². The van der Waals surface area contributed by atoms with Gasteiger partial charge in [0.05, 0.1) is 27.9 Å². The van der Waals surface area contributed by atoms with Gasteiger partial charge in [-0.05, 0) is 65.1 Å². The molecule has 32 heavy (non-hydrogen) atoms. The number of ether oxygens (including phenoxy) is 1. The van der Waals surface area contributed by atoms with Crippen molar-refractivity contribution < 1.29 is 14.8 Å². The van der Waals surface area contributed by atoms with E-state index in [1.807, 2.05) is 30.3 Å². The van der Waals surface area contributed by atoms with E-state index < -0.39 is 4.92 Å². The smallest absolute Gasteiger partial charge is 0.270 e. The van der Waals surface area contributed by atoms with Crippen LogP contribution in [0, 0.1) is 13.7 Å². The van der Waals surface area contributed by atoms with Crippen LogP contribution in [-0.4, -0.2) is 28.3 Å². The van der Waals surface area contributed by atoms with Crippen molar-refractivity contribution in [3.05, 3.63) is 79.4 Å². The fourth-order valence-corrected chi connectivity index (χ4v) is 5.53. The number of nitro benzene ring substituents is 1. The van der Waals surface area contributed by atoms with E-state index >= 15 is 0 Å². The normalized spacial score (nSPS) is 11.3. The number of fused-ring (bicyclic) bond motifs is 1. The molecule has 0 bridgehead atoms. The average molecular weight is 577 g/mol.